The lowest BCUT2D eigenvalue weighted by molar-refractivity contribution is 0.0963. The Kier molecular flexibility index (Phi) is 5.98. The summed E-state index contributed by atoms with van der Waals surface area (Å²) in [7, 11) is 3.36. The summed E-state index contributed by atoms with van der Waals surface area (Å²) < 4.78 is 1.94. The first-order chi connectivity index (χ1) is 13.2. The van der Waals surface area contributed by atoms with Crippen molar-refractivity contribution in [2.45, 2.75) is 13.0 Å². The summed E-state index contributed by atoms with van der Waals surface area (Å²) in [6, 6.07) is 13.4. The molecular weight excluding hydrogens is 342 g/mol. The maximum absolute atomic E-state index is 11.7. The van der Waals surface area contributed by atoms with Crippen molar-refractivity contribution in [3.8, 4) is 0 Å². The maximum atomic E-state index is 11.7. The van der Waals surface area contributed by atoms with Gasteiger partial charge in [-0.1, -0.05) is 18.2 Å². The molecule has 1 amide bonds. The molecule has 3 aromatic rings. The second-order valence-electron chi connectivity index (χ2n) is 5.93. The molecule has 8 nitrogen and oxygen atoms in total. The minimum Gasteiger partial charge on any atom is -0.356 e. The highest BCUT2D eigenvalue weighted by Gasteiger charge is 2.06. The molecule has 0 atom stereocenters. The van der Waals surface area contributed by atoms with Gasteiger partial charge in [0.1, 0.15) is 0 Å². The van der Waals surface area contributed by atoms with Gasteiger partial charge in [-0.25, -0.2) is 0 Å². The number of rotatable bonds is 6. The molecule has 0 bridgehead atoms. The fraction of sp³-hybridized carbons (Fsp3) is 0.263. The van der Waals surface area contributed by atoms with E-state index < -0.39 is 0 Å². The first-order valence-electron chi connectivity index (χ1n) is 8.75. The zero-order valence-corrected chi connectivity index (χ0v) is 15.4. The second kappa shape index (κ2) is 8.79. The number of carbonyl (C=O) groups excluding carboxylic acids is 1. The SMILES string of the molecule is CN=C(NCCc1cccc(C(=O)NC)c1)NCc1nnc2ccccn12. The van der Waals surface area contributed by atoms with Crippen molar-refractivity contribution in [2.75, 3.05) is 20.6 Å². The lowest BCUT2D eigenvalue weighted by Gasteiger charge is -2.11. The molecule has 0 aliphatic carbocycles. The van der Waals surface area contributed by atoms with Gasteiger partial charge in [-0.05, 0) is 36.2 Å². The van der Waals surface area contributed by atoms with Crippen molar-refractivity contribution in [1.29, 1.82) is 0 Å². The molecule has 2 heterocycles. The van der Waals surface area contributed by atoms with Crippen LogP contribution in [0.3, 0.4) is 0 Å². The Morgan fingerprint density at radius 1 is 1.15 bits per heavy atom. The Bertz CT molecular complexity index is 948. The topological polar surface area (TPSA) is 95.7 Å². The van der Waals surface area contributed by atoms with E-state index in [1.54, 1.807) is 20.2 Å². The van der Waals surface area contributed by atoms with Crippen LogP contribution in [0.25, 0.3) is 5.65 Å². The number of hydrogen-bond donors (Lipinski definition) is 3. The molecule has 2 aromatic heterocycles. The third kappa shape index (κ3) is 4.60. The molecule has 140 valence electrons. The Morgan fingerprint density at radius 3 is 2.85 bits per heavy atom. The van der Waals surface area contributed by atoms with Gasteiger partial charge >= 0.3 is 0 Å². The zero-order valence-electron chi connectivity index (χ0n) is 15.4. The van der Waals surface area contributed by atoms with Crippen molar-refractivity contribution >= 4 is 17.5 Å². The van der Waals surface area contributed by atoms with Gasteiger partial charge in [0.05, 0.1) is 6.54 Å². The van der Waals surface area contributed by atoms with E-state index in [0.29, 0.717) is 24.6 Å². The predicted molar refractivity (Wildman–Crippen MR) is 105 cm³/mol. The highest BCUT2D eigenvalue weighted by Crippen LogP contribution is 2.06. The molecule has 0 aliphatic heterocycles. The molecular formula is C19H23N7O. The Labute approximate surface area is 157 Å². The van der Waals surface area contributed by atoms with Gasteiger partial charge in [-0.2, -0.15) is 0 Å². The number of carbonyl (C=O) groups is 1. The molecule has 0 unspecified atom stereocenters. The van der Waals surface area contributed by atoms with Crippen LogP contribution in [-0.2, 0) is 13.0 Å². The average Bonchev–Trinajstić information content (AvgIpc) is 3.13. The van der Waals surface area contributed by atoms with E-state index in [1.165, 1.54) is 0 Å². The molecule has 3 rings (SSSR count). The Balaban J connectivity index is 1.52. The van der Waals surface area contributed by atoms with E-state index in [2.05, 4.69) is 31.1 Å². The summed E-state index contributed by atoms with van der Waals surface area (Å²) in [5.41, 5.74) is 2.56. The Morgan fingerprint density at radius 2 is 2.04 bits per heavy atom. The van der Waals surface area contributed by atoms with E-state index in [-0.39, 0.29) is 5.91 Å². The minimum absolute atomic E-state index is 0.0807. The van der Waals surface area contributed by atoms with Crippen molar-refractivity contribution in [3.05, 3.63) is 65.6 Å². The normalized spacial score (nSPS) is 11.4. The number of benzene rings is 1. The fourth-order valence-electron chi connectivity index (χ4n) is 2.73. The highest BCUT2D eigenvalue weighted by atomic mass is 16.1. The maximum Gasteiger partial charge on any atom is 0.251 e. The van der Waals surface area contributed by atoms with Gasteiger partial charge in [0.2, 0.25) is 0 Å². The molecule has 0 spiro atoms. The third-order valence-electron chi connectivity index (χ3n) is 4.14. The summed E-state index contributed by atoms with van der Waals surface area (Å²) in [6.07, 6.45) is 2.71. The van der Waals surface area contributed by atoms with Crippen LogP contribution in [0.4, 0.5) is 0 Å². The number of guanidine groups is 1. The molecule has 1 aromatic carbocycles. The zero-order chi connectivity index (χ0) is 19.1. The van der Waals surface area contributed by atoms with Crippen molar-refractivity contribution in [1.82, 2.24) is 30.5 Å². The standard InChI is InChI=1S/C19H23N7O/c1-20-18(27)15-7-5-6-14(12-15)9-10-22-19(21-2)23-13-17-25-24-16-8-3-4-11-26(16)17/h3-8,11-12H,9-10,13H2,1-2H3,(H,20,27)(H2,21,22,23). The summed E-state index contributed by atoms with van der Waals surface area (Å²) in [6.45, 7) is 1.20. The molecule has 0 fully saturated rings. The number of fused-ring (bicyclic) bond motifs is 1. The second-order valence-corrected chi connectivity index (χ2v) is 5.93. The van der Waals surface area contributed by atoms with Gasteiger partial charge in [-0.3, -0.25) is 14.2 Å². The lowest BCUT2D eigenvalue weighted by atomic mass is 10.1. The van der Waals surface area contributed by atoms with E-state index in [1.807, 2.05) is 47.0 Å². The van der Waals surface area contributed by atoms with Crippen LogP contribution >= 0.6 is 0 Å². The highest BCUT2D eigenvalue weighted by molar-refractivity contribution is 5.94. The predicted octanol–water partition coefficient (Wildman–Crippen LogP) is 0.997. The van der Waals surface area contributed by atoms with E-state index in [0.717, 1.165) is 23.5 Å². The minimum atomic E-state index is -0.0807. The Hall–Kier alpha value is -3.42. The number of hydrogen-bond acceptors (Lipinski definition) is 4. The first-order valence-corrected chi connectivity index (χ1v) is 8.75. The number of nitrogens with zero attached hydrogens (tertiary/aromatic N) is 4. The fourth-order valence-corrected chi connectivity index (χ4v) is 2.73. The number of nitrogens with one attached hydrogen (secondary N) is 3. The van der Waals surface area contributed by atoms with Gasteiger partial charge in [0.15, 0.2) is 17.4 Å². The van der Waals surface area contributed by atoms with Crippen molar-refractivity contribution in [2.24, 2.45) is 4.99 Å². The number of aliphatic imine (C=N–C) groups is 1. The number of amides is 1. The van der Waals surface area contributed by atoms with Crippen LogP contribution in [0.15, 0.2) is 53.7 Å². The summed E-state index contributed by atoms with van der Waals surface area (Å²) >= 11 is 0. The lowest BCUT2D eigenvalue weighted by Crippen LogP contribution is -2.38. The monoisotopic (exact) mass is 365 g/mol. The van der Waals surface area contributed by atoms with Gasteiger partial charge < -0.3 is 16.0 Å². The van der Waals surface area contributed by atoms with Crippen LogP contribution in [-0.4, -0.2) is 47.1 Å². The van der Waals surface area contributed by atoms with E-state index in [4.69, 9.17) is 0 Å². The van der Waals surface area contributed by atoms with E-state index >= 15 is 0 Å². The molecule has 0 saturated carbocycles. The van der Waals surface area contributed by atoms with Gasteiger partial charge in [0.25, 0.3) is 5.91 Å². The van der Waals surface area contributed by atoms with Crippen LogP contribution in [0.2, 0.25) is 0 Å². The van der Waals surface area contributed by atoms with Crippen molar-refractivity contribution in [3.63, 3.8) is 0 Å². The van der Waals surface area contributed by atoms with E-state index in [9.17, 15) is 4.79 Å². The summed E-state index contributed by atoms with van der Waals surface area (Å²) in [5, 5.41) is 17.5. The molecule has 0 saturated heterocycles. The molecule has 27 heavy (non-hydrogen) atoms. The number of aromatic nitrogens is 3. The van der Waals surface area contributed by atoms with Crippen LogP contribution in [0, 0.1) is 0 Å². The molecule has 3 N–H and O–H groups in total. The van der Waals surface area contributed by atoms with Crippen LogP contribution < -0.4 is 16.0 Å². The quantitative estimate of drug-likeness (QED) is 0.447. The first kappa shape index (κ1) is 18.4. The van der Waals surface area contributed by atoms with Crippen LogP contribution in [0.5, 0.6) is 0 Å². The third-order valence-corrected chi connectivity index (χ3v) is 4.14. The van der Waals surface area contributed by atoms with Crippen LogP contribution in [0.1, 0.15) is 21.7 Å². The average molecular weight is 365 g/mol. The summed E-state index contributed by atoms with van der Waals surface area (Å²) in [5.74, 6) is 1.42. The van der Waals surface area contributed by atoms with Gasteiger partial charge in [-0.15, -0.1) is 10.2 Å². The molecule has 8 heteroatoms. The smallest absolute Gasteiger partial charge is 0.251 e. The van der Waals surface area contributed by atoms with Gasteiger partial charge in [0, 0.05) is 32.4 Å². The largest absolute Gasteiger partial charge is 0.356 e. The number of pyridine rings is 1. The van der Waals surface area contributed by atoms with Crippen molar-refractivity contribution < 1.29 is 4.79 Å². The molecule has 0 aliphatic rings. The summed E-state index contributed by atoms with van der Waals surface area (Å²) in [4.78, 5) is 15.9. The molecule has 0 radical (unpaired) electrons.